The van der Waals surface area contributed by atoms with Crippen LogP contribution in [0.15, 0.2) is 24.3 Å². The molecule has 1 amide bonds. The highest BCUT2D eigenvalue weighted by Crippen LogP contribution is 2.13. The van der Waals surface area contributed by atoms with Crippen molar-refractivity contribution in [1.29, 1.82) is 0 Å². The summed E-state index contributed by atoms with van der Waals surface area (Å²) in [4.78, 5) is 11.4. The quantitative estimate of drug-likeness (QED) is 0.436. The lowest BCUT2D eigenvalue weighted by Crippen LogP contribution is -2.40. The molecule has 3 N–H and O–H groups in total. The maximum absolute atomic E-state index is 11.4. The fraction of sp³-hybridized carbons (Fsp3) is 0.462. The molecule has 1 rings (SSSR count). The molecule has 0 bridgehead atoms. The largest absolute Gasteiger partial charge is 0.497 e. The molecule has 0 aliphatic heterocycles. The van der Waals surface area contributed by atoms with E-state index in [2.05, 4.69) is 5.43 Å². The molecule has 0 aliphatic carbocycles. The average Bonchev–Trinajstić information content (AvgIpc) is 2.43. The van der Waals surface area contributed by atoms with Gasteiger partial charge in [-0.25, -0.2) is 5.84 Å². The zero-order valence-corrected chi connectivity index (χ0v) is 10.8. The van der Waals surface area contributed by atoms with E-state index in [1.807, 2.05) is 31.2 Å². The Morgan fingerprint density at radius 3 is 2.56 bits per heavy atom. The zero-order valence-electron chi connectivity index (χ0n) is 10.8. The summed E-state index contributed by atoms with van der Waals surface area (Å²) in [5.74, 6) is 5.62. The van der Waals surface area contributed by atoms with Crippen LogP contribution >= 0.6 is 0 Å². The van der Waals surface area contributed by atoms with E-state index in [1.165, 1.54) is 0 Å². The van der Waals surface area contributed by atoms with Gasteiger partial charge in [0.25, 0.3) is 5.91 Å². The molecule has 0 saturated heterocycles. The van der Waals surface area contributed by atoms with Crippen molar-refractivity contribution in [2.24, 2.45) is 5.84 Å². The van der Waals surface area contributed by atoms with Crippen LogP contribution in [0, 0.1) is 0 Å². The lowest BCUT2D eigenvalue weighted by molar-refractivity contribution is -0.134. The monoisotopic (exact) mass is 252 g/mol. The maximum atomic E-state index is 11.4. The number of carbonyl (C=O) groups is 1. The van der Waals surface area contributed by atoms with Crippen molar-refractivity contribution in [2.75, 3.05) is 7.11 Å². The van der Waals surface area contributed by atoms with Crippen LogP contribution in [-0.2, 0) is 16.1 Å². The summed E-state index contributed by atoms with van der Waals surface area (Å²) in [7, 11) is 1.62. The molecule has 5 heteroatoms. The van der Waals surface area contributed by atoms with Crippen LogP contribution in [0.2, 0.25) is 0 Å². The second-order valence-electron chi connectivity index (χ2n) is 3.94. The van der Waals surface area contributed by atoms with Crippen LogP contribution in [0.4, 0.5) is 0 Å². The SMILES string of the molecule is CCCC(OCc1ccc(OC)cc1)C(=O)NN. The van der Waals surface area contributed by atoms with Crippen LogP contribution < -0.4 is 16.0 Å². The number of hydrazine groups is 1. The molecular formula is C13H20N2O3. The number of rotatable bonds is 7. The Balaban J connectivity index is 2.52. The molecule has 0 aromatic heterocycles. The van der Waals surface area contributed by atoms with Gasteiger partial charge >= 0.3 is 0 Å². The zero-order chi connectivity index (χ0) is 13.4. The van der Waals surface area contributed by atoms with Gasteiger partial charge in [-0.1, -0.05) is 25.5 Å². The van der Waals surface area contributed by atoms with Gasteiger partial charge in [0.1, 0.15) is 11.9 Å². The number of nitrogens with one attached hydrogen (secondary N) is 1. The molecule has 1 atom stereocenters. The average molecular weight is 252 g/mol. The maximum Gasteiger partial charge on any atom is 0.263 e. The predicted octanol–water partition coefficient (Wildman–Crippen LogP) is 1.37. The van der Waals surface area contributed by atoms with Crippen LogP contribution in [0.1, 0.15) is 25.3 Å². The van der Waals surface area contributed by atoms with E-state index in [4.69, 9.17) is 15.3 Å². The summed E-state index contributed by atoms with van der Waals surface area (Å²) >= 11 is 0. The second-order valence-corrected chi connectivity index (χ2v) is 3.94. The van der Waals surface area contributed by atoms with Crippen molar-refractivity contribution in [3.05, 3.63) is 29.8 Å². The van der Waals surface area contributed by atoms with Crippen molar-refractivity contribution in [3.8, 4) is 5.75 Å². The first-order chi connectivity index (χ1) is 8.71. The number of nitrogens with two attached hydrogens (primary N) is 1. The van der Waals surface area contributed by atoms with E-state index in [0.717, 1.165) is 17.7 Å². The van der Waals surface area contributed by atoms with Gasteiger partial charge < -0.3 is 9.47 Å². The summed E-state index contributed by atoms with van der Waals surface area (Å²) in [6.45, 7) is 2.37. The van der Waals surface area contributed by atoms with Crippen molar-refractivity contribution < 1.29 is 14.3 Å². The third-order valence-electron chi connectivity index (χ3n) is 2.60. The normalized spacial score (nSPS) is 11.9. The van der Waals surface area contributed by atoms with E-state index in [9.17, 15) is 4.79 Å². The van der Waals surface area contributed by atoms with E-state index >= 15 is 0 Å². The van der Waals surface area contributed by atoms with Crippen LogP contribution in [0.5, 0.6) is 5.75 Å². The minimum Gasteiger partial charge on any atom is -0.497 e. The van der Waals surface area contributed by atoms with Gasteiger partial charge in [0.2, 0.25) is 0 Å². The van der Waals surface area contributed by atoms with Gasteiger partial charge in [-0.05, 0) is 24.1 Å². The van der Waals surface area contributed by atoms with E-state index in [1.54, 1.807) is 7.11 Å². The number of hydrogen-bond acceptors (Lipinski definition) is 4. The molecule has 1 aromatic rings. The van der Waals surface area contributed by atoms with Gasteiger partial charge in [-0.3, -0.25) is 10.2 Å². The minimum absolute atomic E-state index is 0.287. The van der Waals surface area contributed by atoms with E-state index < -0.39 is 6.10 Å². The smallest absolute Gasteiger partial charge is 0.263 e. The van der Waals surface area contributed by atoms with Gasteiger partial charge in [-0.15, -0.1) is 0 Å². The Labute approximate surface area is 107 Å². The first-order valence-electron chi connectivity index (χ1n) is 5.96. The molecule has 1 aromatic carbocycles. The lowest BCUT2D eigenvalue weighted by atomic mass is 10.2. The number of hydrogen-bond donors (Lipinski definition) is 2. The molecule has 0 aliphatic rings. The number of ether oxygens (including phenoxy) is 2. The van der Waals surface area contributed by atoms with Gasteiger partial charge in [-0.2, -0.15) is 0 Å². The molecule has 18 heavy (non-hydrogen) atoms. The molecule has 0 spiro atoms. The van der Waals surface area contributed by atoms with Gasteiger partial charge in [0.05, 0.1) is 13.7 Å². The van der Waals surface area contributed by atoms with E-state index in [0.29, 0.717) is 13.0 Å². The third kappa shape index (κ3) is 4.35. The molecule has 0 radical (unpaired) electrons. The van der Waals surface area contributed by atoms with Gasteiger partial charge in [0, 0.05) is 0 Å². The summed E-state index contributed by atoms with van der Waals surface area (Å²) in [5.41, 5.74) is 3.11. The molecule has 0 heterocycles. The Morgan fingerprint density at radius 1 is 1.39 bits per heavy atom. The summed E-state index contributed by atoms with van der Waals surface area (Å²) in [6, 6.07) is 7.53. The fourth-order valence-corrected chi connectivity index (χ4v) is 1.56. The molecule has 0 saturated carbocycles. The number of carbonyl (C=O) groups excluding carboxylic acids is 1. The third-order valence-corrected chi connectivity index (χ3v) is 2.60. The first-order valence-corrected chi connectivity index (χ1v) is 5.96. The number of amides is 1. The fourth-order valence-electron chi connectivity index (χ4n) is 1.56. The topological polar surface area (TPSA) is 73.6 Å². The Hall–Kier alpha value is -1.59. The first kappa shape index (κ1) is 14.5. The second kappa shape index (κ2) is 7.68. The Kier molecular flexibility index (Phi) is 6.18. The van der Waals surface area contributed by atoms with Crippen molar-refractivity contribution in [3.63, 3.8) is 0 Å². The van der Waals surface area contributed by atoms with Crippen molar-refractivity contribution in [1.82, 2.24) is 5.43 Å². The molecule has 1 unspecified atom stereocenters. The highest BCUT2D eigenvalue weighted by atomic mass is 16.5. The van der Waals surface area contributed by atoms with Crippen molar-refractivity contribution in [2.45, 2.75) is 32.5 Å². The molecular weight excluding hydrogens is 232 g/mol. The highest BCUT2D eigenvalue weighted by molar-refractivity contribution is 5.80. The Bertz CT molecular complexity index is 365. The van der Waals surface area contributed by atoms with Gasteiger partial charge in [0.15, 0.2) is 0 Å². The summed E-state index contributed by atoms with van der Waals surface area (Å²) in [5, 5.41) is 0. The standard InChI is InChI=1S/C13H20N2O3/c1-3-4-12(13(16)15-14)18-9-10-5-7-11(17-2)8-6-10/h5-8,12H,3-4,9,14H2,1-2H3,(H,15,16). The summed E-state index contributed by atoms with van der Waals surface area (Å²) in [6.07, 6.45) is 1.02. The molecule has 5 nitrogen and oxygen atoms in total. The Morgan fingerprint density at radius 2 is 2.06 bits per heavy atom. The molecule has 100 valence electrons. The lowest BCUT2D eigenvalue weighted by Gasteiger charge is -2.15. The van der Waals surface area contributed by atoms with Crippen molar-refractivity contribution >= 4 is 5.91 Å². The predicted molar refractivity (Wildman–Crippen MR) is 68.8 cm³/mol. The van der Waals surface area contributed by atoms with E-state index in [-0.39, 0.29) is 5.91 Å². The summed E-state index contributed by atoms with van der Waals surface area (Å²) < 4.78 is 10.6. The van der Waals surface area contributed by atoms with Crippen LogP contribution in [0.3, 0.4) is 0 Å². The van der Waals surface area contributed by atoms with Crippen LogP contribution in [0.25, 0.3) is 0 Å². The number of benzene rings is 1. The highest BCUT2D eigenvalue weighted by Gasteiger charge is 2.16. The minimum atomic E-state index is -0.498. The molecule has 0 fully saturated rings. The van der Waals surface area contributed by atoms with Crippen LogP contribution in [-0.4, -0.2) is 19.1 Å². The number of methoxy groups -OCH3 is 1.